The van der Waals surface area contributed by atoms with E-state index in [0.717, 1.165) is 35.9 Å². The predicted molar refractivity (Wildman–Crippen MR) is 193 cm³/mol. The maximum Gasteiger partial charge on any atom is 0.118 e. The molecule has 3 unspecified atom stereocenters. The predicted octanol–water partition coefficient (Wildman–Crippen LogP) is 12.7. The minimum absolute atomic E-state index is 0.128. The van der Waals surface area contributed by atoms with Crippen LogP contribution in [0.1, 0.15) is 87.0 Å². The summed E-state index contributed by atoms with van der Waals surface area (Å²) in [6.45, 7) is 20.4. The number of benzene rings is 1. The molecule has 0 bridgehead atoms. The van der Waals surface area contributed by atoms with E-state index < -0.39 is 0 Å². The van der Waals surface area contributed by atoms with Crippen LogP contribution in [0.3, 0.4) is 0 Å². The first-order valence-electron chi connectivity index (χ1n) is 16.7. The van der Waals surface area contributed by atoms with Crippen molar-refractivity contribution in [2.75, 3.05) is 12.4 Å². The van der Waals surface area contributed by atoms with Crippen molar-refractivity contribution in [3.63, 3.8) is 0 Å². The summed E-state index contributed by atoms with van der Waals surface area (Å²) in [5.74, 6) is 2.71. The second-order valence-corrected chi connectivity index (χ2v) is 13.2. The summed E-state index contributed by atoms with van der Waals surface area (Å²) in [5, 5.41) is 3.03. The van der Waals surface area contributed by atoms with Gasteiger partial charge in [-0.15, -0.1) is 5.73 Å². The first-order valence-corrected chi connectivity index (χ1v) is 16.7. The Hall–Kier alpha value is -3.35. The van der Waals surface area contributed by atoms with E-state index in [9.17, 15) is 4.39 Å². The number of rotatable bonds is 14. The summed E-state index contributed by atoms with van der Waals surface area (Å²) in [5.41, 5.74) is 10.8. The van der Waals surface area contributed by atoms with E-state index in [-0.39, 0.29) is 11.7 Å². The number of para-hydroxylation sites is 1. The van der Waals surface area contributed by atoms with Gasteiger partial charge in [-0.2, -0.15) is 0 Å². The molecule has 0 radical (unpaired) electrons. The Kier molecular flexibility index (Phi) is 16.6. The fraction of sp³-hybridized carbons (Fsp3) is 0.452. The lowest BCUT2D eigenvalue weighted by Crippen LogP contribution is -2.11. The zero-order valence-electron chi connectivity index (χ0n) is 28.8. The SMILES string of the molecule is C=CC(/C(C1=CC=CC=C=C1)=C(\CCCC(C)CC(C)CC(C)C)C1C=CC(F)=CC1)=C(/C)C(C)C.CNc1ccccc1. The molecule has 238 valence electrons. The van der Waals surface area contributed by atoms with Crippen molar-refractivity contribution in [1.29, 1.82) is 0 Å². The minimum atomic E-state index is -0.128. The molecule has 0 heterocycles. The molecular weight excluding hydrogens is 537 g/mol. The van der Waals surface area contributed by atoms with E-state index in [4.69, 9.17) is 0 Å². The molecule has 0 aliphatic heterocycles. The summed E-state index contributed by atoms with van der Waals surface area (Å²) in [6.07, 6.45) is 24.4. The van der Waals surface area contributed by atoms with Gasteiger partial charge in [-0.25, -0.2) is 4.39 Å². The van der Waals surface area contributed by atoms with Gasteiger partial charge in [0, 0.05) is 18.7 Å². The molecule has 0 spiro atoms. The fourth-order valence-corrected chi connectivity index (χ4v) is 6.20. The molecule has 1 aromatic carbocycles. The van der Waals surface area contributed by atoms with E-state index in [0.29, 0.717) is 18.3 Å². The maximum atomic E-state index is 14.0. The lowest BCUT2D eigenvalue weighted by Gasteiger charge is -2.27. The van der Waals surface area contributed by atoms with Crippen molar-refractivity contribution in [1.82, 2.24) is 0 Å². The molecule has 2 aliphatic carbocycles. The molecule has 0 amide bonds. The van der Waals surface area contributed by atoms with Gasteiger partial charge in [-0.05, 0) is 116 Å². The molecular formula is C42H58FN. The standard InChI is InChI=1S/C35H49F.C7H9N/c1-9-33(29(8)26(4)5)35(31-16-12-10-11-13-17-31)34(30-19-21-32(36)22-20-30)18-14-15-27(6)24-28(7)23-25(2)3;1-8-7-5-3-2-4-6-7/h9-12,16-17,19,21-22,25-28,30H,1,14-15,18,20,23-24H2,2-8H3;2-6,8H,1H3/b33-29+,35-34+;. The Morgan fingerprint density at radius 3 is 2.34 bits per heavy atom. The molecule has 0 aromatic heterocycles. The highest BCUT2D eigenvalue weighted by Gasteiger charge is 2.23. The van der Waals surface area contributed by atoms with E-state index in [1.807, 2.05) is 55.6 Å². The highest BCUT2D eigenvalue weighted by atomic mass is 19.1. The van der Waals surface area contributed by atoms with Crippen LogP contribution in [0.4, 0.5) is 10.1 Å². The zero-order chi connectivity index (χ0) is 32.5. The van der Waals surface area contributed by atoms with Gasteiger partial charge in [-0.3, -0.25) is 0 Å². The van der Waals surface area contributed by atoms with Crippen LogP contribution in [0, 0.1) is 29.6 Å². The van der Waals surface area contributed by atoms with Gasteiger partial charge >= 0.3 is 0 Å². The number of nitrogens with one attached hydrogen (secondary N) is 1. The molecule has 1 nitrogen and oxygen atoms in total. The van der Waals surface area contributed by atoms with Crippen LogP contribution < -0.4 is 5.32 Å². The number of anilines is 1. The highest BCUT2D eigenvalue weighted by Crippen LogP contribution is 2.39. The Bertz CT molecular complexity index is 1290. The smallest absolute Gasteiger partial charge is 0.118 e. The highest BCUT2D eigenvalue weighted by molar-refractivity contribution is 5.61. The van der Waals surface area contributed by atoms with Crippen LogP contribution in [0.25, 0.3) is 0 Å². The lowest BCUT2D eigenvalue weighted by atomic mass is 9.78. The molecule has 3 atom stereocenters. The van der Waals surface area contributed by atoms with Crippen molar-refractivity contribution in [2.24, 2.45) is 29.6 Å². The molecule has 1 aromatic rings. The van der Waals surface area contributed by atoms with Crippen molar-refractivity contribution < 1.29 is 4.39 Å². The van der Waals surface area contributed by atoms with E-state index in [1.54, 1.807) is 12.2 Å². The third kappa shape index (κ3) is 12.7. The Labute approximate surface area is 269 Å². The molecule has 0 saturated heterocycles. The van der Waals surface area contributed by atoms with Gasteiger partial charge < -0.3 is 5.32 Å². The average molecular weight is 596 g/mol. The molecule has 44 heavy (non-hydrogen) atoms. The summed E-state index contributed by atoms with van der Waals surface area (Å²) in [6, 6.07) is 10.1. The van der Waals surface area contributed by atoms with Gasteiger partial charge in [-0.1, -0.05) is 114 Å². The van der Waals surface area contributed by atoms with E-state index >= 15 is 0 Å². The van der Waals surface area contributed by atoms with Crippen LogP contribution in [-0.2, 0) is 0 Å². The van der Waals surface area contributed by atoms with E-state index in [2.05, 4.69) is 90.4 Å². The number of halogens is 1. The second-order valence-electron chi connectivity index (χ2n) is 13.2. The maximum absolute atomic E-state index is 14.0. The molecule has 2 aliphatic rings. The van der Waals surface area contributed by atoms with Gasteiger partial charge in [0.15, 0.2) is 0 Å². The quantitative estimate of drug-likeness (QED) is 0.167. The molecule has 2 heteroatoms. The zero-order valence-corrected chi connectivity index (χ0v) is 28.8. The summed E-state index contributed by atoms with van der Waals surface area (Å²) in [7, 11) is 1.91. The average Bonchev–Trinajstić information content (AvgIpc) is 3.28. The van der Waals surface area contributed by atoms with Crippen molar-refractivity contribution in [2.45, 2.75) is 87.0 Å². The largest absolute Gasteiger partial charge is 0.388 e. The fourth-order valence-electron chi connectivity index (χ4n) is 6.20. The van der Waals surface area contributed by atoms with Gasteiger partial charge in [0.25, 0.3) is 0 Å². The van der Waals surface area contributed by atoms with Crippen LogP contribution in [-0.4, -0.2) is 7.05 Å². The van der Waals surface area contributed by atoms with Crippen LogP contribution in [0.2, 0.25) is 0 Å². The number of hydrogen-bond donors (Lipinski definition) is 1. The molecule has 1 N–H and O–H groups in total. The molecule has 0 saturated carbocycles. The third-order valence-electron chi connectivity index (χ3n) is 8.58. The van der Waals surface area contributed by atoms with Gasteiger partial charge in [0.05, 0.1) is 0 Å². The summed E-state index contributed by atoms with van der Waals surface area (Å²) < 4.78 is 14.0. The van der Waals surface area contributed by atoms with Crippen molar-refractivity contribution in [3.8, 4) is 0 Å². The second kappa shape index (κ2) is 19.8. The molecule has 0 fully saturated rings. The van der Waals surface area contributed by atoms with Gasteiger partial charge in [0.2, 0.25) is 0 Å². The topological polar surface area (TPSA) is 12.0 Å². The van der Waals surface area contributed by atoms with Crippen molar-refractivity contribution >= 4 is 5.69 Å². The monoisotopic (exact) mass is 595 g/mol. The Morgan fingerprint density at radius 1 is 1.05 bits per heavy atom. The summed E-state index contributed by atoms with van der Waals surface area (Å²) in [4.78, 5) is 0. The van der Waals surface area contributed by atoms with Crippen LogP contribution in [0.15, 0.2) is 131 Å². The molecule has 3 rings (SSSR count). The summed E-state index contributed by atoms with van der Waals surface area (Å²) >= 11 is 0. The Morgan fingerprint density at radius 2 is 1.77 bits per heavy atom. The number of allylic oxidation sites excluding steroid dienone is 14. The lowest BCUT2D eigenvalue weighted by molar-refractivity contribution is 0.339. The van der Waals surface area contributed by atoms with E-state index in [1.165, 1.54) is 41.6 Å². The first kappa shape index (κ1) is 36.8. The Balaban J connectivity index is 0.000000727. The first-order chi connectivity index (χ1) is 21.1. The van der Waals surface area contributed by atoms with Crippen LogP contribution >= 0.6 is 0 Å². The normalized spacial score (nSPS) is 18.4. The third-order valence-corrected chi connectivity index (χ3v) is 8.58. The number of hydrogen-bond acceptors (Lipinski definition) is 1. The minimum Gasteiger partial charge on any atom is -0.388 e. The van der Waals surface area contributed by atoms with Crippen molar-refractivity contribution in [3.05, 3.63) is 131 Å². The van der Waals surface area contributed by atoms with Gasteiger partial charge in [0.1, 0.15) is 5.83 Å². The van der Waals surface area contributed by atoms with Crippen LogP contribution in [0.5, 0.6) is 0 Å².